The van der Waals surface area contributed by atoms with Crippen molar-refractivity contribution in [1.29, 1.82) is 10.5 Å². The molecule has 148 valence electrons. The number of nitrogens with one attached hydrogen (secondary N) is 2. The second kappa shape index (κ2) is 7.11. The number of anilines is 3. The highest BCUT2D eigenvalue weighted by Crippen LogP contribution is 2.43. The Hall–Kier alpha value is -4.57. The van der Waals surface area contributed by atoms with Crippen LogP contribution in [0.15, 0.2) is 35.6 Å². The summed E-state index contributed by atoms with van der Waals surface area (Å²) >= 11 is 0. The monoisotopic (exact) mass is 398 g/mol. The van der Waals surface area contributed by atoms with Crippen molar-refractivity contribution in [2.45, 2.75) is 19.9 Å². The number of hydrogen-bond acceptors (Lipinski definition) is 9. The van der Waals surface area contributed by atoms with Gasteiger partial charge in [0.25, 0.3) is 0 Å². The summed E-state index contributed by atoms with van der Waals surface area (Å²) in [6, 6.07) is 7.23. The fraction of sp³-hybridized carbons (Fsp3) is 0.150. The Morgan fingerprint density at radius 2 is 2.00 bits per heavy atom. The van der Waals surface area contributed by atoms with Crippen LogP contribution in [0, 0.1) is 36.6 Å². The topological polar surface area (TPSA) is 167 Å². The third-order valence-corrected chi connectivity index (χ3v) is 4.89. The van der Waals surface area contributed by atoms with E-state index in [1.165, 1.54) is 0 Å². The molecular formula is C20H18N10. The van der Waals surface area contributed by atoms with E-state index in [0.717, 1.165) is 22.4 Å². The van der Waals surface area contributed by atoms with Crippen molar-refractivity contribution in [2.75, 3.05) is 16.8 Å². The Bertz CT molecular complexity index is 1260. The average molecular weight is 398 g/mol. The standard InChI is InChI=1S/C20H18N10/c1-10-6-11(2)14(13(7-10)30-5-3-4-26-30)17-15-16(23)12(8-21)18(24)28-19(15)29-20(27-17)25-9-22/h3-7,17H,1-2H3,(H6,23,24,25,27,28,29). The van der Waals surface area contributed by atoms with Crippen molar-refractivity contribution in [3.63, 3.8) is 0 Å². The first-order valence-corrected chi connectivity index (χ1v) is 9.04. The summed E-state index contributed by atoms with van der Waals surface area (Å²) in [6.45, 7) is 3.96. The van der Waals surface area contributed by atoms with Gasteiger partial charge in [-0.05, 0) is 37.1 Å². The van der Waals surface area contributed by atoms with Crippen LogP contribution < -0.4 is 22.1 Å². The van der Waals surface area contributed by atoms with Crippen LogP contribution >= 0.6 is 0 Å². The van der Waals surface area contributed by atoms with Gasteiger partial charge in [-0.3, -0.25) is 5.32 Å². The minimum absolute atomic E-state index is 0.00568. The molecule has 1 unspecified atom stereocenters. The van der Waals surface area contributed by atoms with E-state index in [1.54, 1.807) is 10.9 Å². The van der Waals surface area contributed by atoms with Gasteiger partial charge in [-0.25, -0.2) is 14.7 Å². The number of aryl methyl sites for hydroxylation is 2. The number of guanidine groups is 1. The molecule has 1 aliphatic rings. The maximum atomic E-state index is 9.51. The Balaban J connectivity index is 2.05. The van der Waals surface area contributed by atoms with E-state index in [2.05, 4.69) is 25.7 Å². The number of fused-ring (bicyclic) bond motifs is 1. The predicted molar refractivity (Wildman–Crippen MR) is 112 cm³/mol. The van der Waals surface area contributed by atoms with Crippen LogP contribution in [0.1, 0.15) is 33.9 Å². The molecule has 0 fully saturated rings. The molecule has 6 N–H and O–H groups in total. The highest BCUT2D eigenvalue weighted by Gasteiger charge is 2.32. The third-order valence-electron chi connectivity index (χ3n) is 4.89. The molecule has 0 aliphatic carbocycles. The van der Waals surface area contributed by atoms with Crippen LogP contribution in [0.25, 0.3) is 5.69 Å². The minimum atomic E-state index is -0.642. The first kappa shape index (κ1) is 18.8. The molecule has 3 aromatic rings. The Morgan fingerprint density at radius 1 is 1.20 bits per heavy atom. The van der Waals surface area contributed by atoms with Gasteiger partial charge in [-0.15, -0.1) is 0 Å². The summed E-state index contributed by atoms with van der Waals surface area (Å²) < 4.78 is 1.75. The fourth-order valence-corrected chi connectivity index (χ4v) is 3.70. The largest absolute Gasteiger partial charge is 0.397 e. The number of aromatic nitrogens is 3. The maximum Gasteiger partial charge on any atom is 0.211 e. The number of nitrogen functional groups attached to an aromatic ring is 2. The van der Waals surface area contributed by atoms with Crippen LogP contribution in [-0.2, 0) is 0 Å². The maximum absolute atomic E-state index is 9.51. The molecule has 1 aliphatic heterocycles. The lowest BCUT2D eigenvalue weighted by molar-refractivity contribution is 0.794. The predicted octanol–water partition coefficient (Wildman–Crippen LogP) is 1.86. The van der Waals surface area contributed by atoms with Crippen molar-refractivity contribution >= 4 is 23.3 Å². The lowest BCUT2D eigenvalue weighted by Crippen LogP contribution is -2.33. The first-order chi connectivity index (χ1) is 14.4. The summed E-state index contributed by atoms with van der Waals surface area (Å²) in [5.74, 6) is 0.552. The molecular weight excluding hydrogens is 380 g/mol. The van der Waals surface area contributed by atoms with Crippen LogP contribution in [0.4, 0.5) is 17.3 Å². The van der Waals surface area contributed by atoms with Crippen LogP contribution in [0.2, 0.25) is 0 Å². The highest BCUT2D eigenvalue weighted by atomic mass is 15.3. The third kappa shape index (κ3) is 2.93. The molecule has 1 atom stereocenters. The number of rotatable bonds is 2. The molecule has 0 amide bonds. The van der Waals surface area contributed by atoms with Crippen molar-refractivity contribution in [3.8, 4) is 17.9 Å². The molecule has 0 saturated carbocycles. The van der Waals surface area contributed by atoms with E-state index in [4.69, 9.17) is 16.7 Å². The molecule has 0 bridgehead atoms. The smallest absolute Gasteiger partial charge is 0.211 e. The lowest BCUT2D eigenvalue weighted by Gasteiger charge is -2.28. The number of nitriles is 2. The van der Waals surface area contributed by atoms with Gasteiger partial charge in [0.05, 0.1) is 11.4 Å². The average Bonchev–Trinajstić information content (AvgIpc) is 3.22. The molecule has 4 rings (SSSR count). The number of benzene rings is 1. The van der Waals surface area contributed by atoms with Crippen LogP contribution in [0.3, 0.4) is 0 Å². The molecule has 10 heteroatoms. The summed E-state index contributed by atoms with van der Waals surface area (Å²) in [5, 5.41) is 28.4. The van der Waals surface area contributed by atoms with Gasteiger partial charge < -0.3 is 16.8 Å². The molecule has 3 heterocycles. The Labute approximate surface area is 172 Å². The summed E-state index contributed by atoms with van der Waals surface area (Å²) in [5.41, 5.74) is 16.7. The zero-order valence-electron chi connectivity index (χ0n) is 16.3. The highest BCUT2D eigenvalue weighted by molar-refractivity contribution is 5.98. The van der Waals surface area contributed by atoms with Gasteiger partial charge >= 0.3 is 0 Å². The molecule has 0 saturated heterocycles. The van der Waals surface area contributed by atoms with E-state index in [1.807, 2.05) is 50.5 Å². The molecule has 10 nitrogen and oxygen atoms in total. The van der Waals surface area contributed by atoms with Gasteiger partial charge in [0.1, 0.15) is 29.3 Å². The number of pyridine rings is 1. The molecule has 2 aromatic heterocycles. The molecule has 30 heavy (non-hydrogen) atoms. The Kier molecular flexibility index (Phi) is 4.45. The van der Waals surface area contributed by atoms with E-state index < -0.39 is 6.04 Å². The van der Waals surface area contributed by atoms with E-state index in [9.17, 15) is 5.26 Å². The molecule has 1 aromatic carbocycles. The quantitative estimate of drug-likeness (QED) is 0.375. The van der Waals surface area contributed by atoms with Crippen molar-refractivity contribution in [2.24, 2.45) is 4.99 Å². The number of hydrogen-bond donors (Lipinski definition) is 4. The van der Waals surface area contributed by atoms with E-state index >= 15 is 0 Å². The van der Waals surface area contributed by atoms with E-state index in [-0.39, 0.29) is 23.0 Å². The molecule has 0 radical (unpaired) electrons. The van der Waals surface area contributed by atoms with E-state index in [0.29, 0.717) is 11.4 Å². The SMILES string of the molecule is Cc1cc(C)c(C2N=C(NC#N)Nc3nc(N)c(C#N)c(N)c32)c(-n2cccn2)c1. The number of aliphatic imine (C=N–C) groups is 1. The van der Waals surface area contributed by atoms with Gasteiger partial charge in [0, 0.05) is 23.5 Å². The summed E-state index contributed by atoms with van der Waals surface area (Å²) in [4.78, 5) is 8.98. The summed E-state index contributed by atoms with van der Waals surface area (Å²) in [6.07, 6.45) is 5.38. The van der Waals surface area contributed by atoms with Gasteiger partial charge in [-0.1, -0.05) is 6.07 Å². The first-order valence-electron chi connectivity index (χ1n) is 9.04. The zero-order chi connectivity index (χ0) is 21.4. The fourth-order valence-electron chi connectivity index (χ4n) is 3.70. The van der Waals surface area contributed by atoms with Crippen molar-refractivity contribution in [3.05, 3.63) is 58.4 Å². The van der Waals surface area contributed by atoms with Gasteiger partial charge in [0.2, 0.25) is 5.96 Å². The normalized spacial score (nSPS) is 14.7. The van der Waals surface area contributed by atoms with Crippen molar-refractivity contribution < 1.29 is 0 Å². The minimum Gasteiger partial charge on any atom is -0.397 e. The van der Waals surface area contributed by atoms with Gasteiger partial charge in [-0.2, -0.15) is 15.6 Å². The van der Waals surface area contributed by atoms with Crippen LogP contribution in [-0.4, -0.2) is 20.7 Å². The Morgan fingerprint density at radius 3 is 2.67 bits per heavy atom. The van der Waals surface area contributed by atoms with Crippen LogP contribution in [0.5, 0.6) is 0 Å². The lowest BCUT2D eigenvalue weighted by atomic mass is 9.90. The number of nitrogens with two attached hydrogens (primary N) is 2. The van der Waals surface area contributed by atoms with Crippen molar-refractivity contribution in [1.82, 2.24) is 20.1 Å². The molecule has 0 spiro atoms. The summed E-state index contributed by atoms with van der Waals surface area (Å²) in [7, 11) is 0. The zero-order valence-corrected chi connectivity index (χ0v) is 16.3. The second-order valence-corrected chi connectivity index (χ2v) is 6.87. The van der Waals surface area contributed by atoms with Gasteiger partial charge in [0.15, 0.2) is 6.19 Å². The number of nitrogens with zero attached hydrogens (tertiary/aromatic N) is 6. The second-order valence-electron chi connectivity index (χ2n) is 6.87.